The number of fused-ring (bicyclic) bond motifs is 1. The largest absolute Gasteiger partial charge is 0.381 e. The van der Waals surface area contributed by atoms with Gasteiger partial charge >= 0.3 is 0 Å². The van der Waals surface area contributed by atoms with Crippen LogP contribution in [-0.4, -0.2) is 43.7 Å². The molecule has 0 radical (unpaired) electrons. The summed E-state index contributed by atoms with van der Waals surface area (Å²) in [6.45, 7) is 8.69. The van der Waals surface area contributed by atoms with Crippen LogP contribution < -0.4 is 0 Å². The molecule has 5 saturated carbocycles. The van der Waals surface area contributed by atoms with E-state index in [0.717, 1.165) is 12.8 Å². The Bertz CT molecular complexity index is 681. The van der Waals surface area contributed by atoms with Crippen LogP contribution in [0.25, 0.3) is 0 Å². The summed E-state index contributed by atoms with van der Waals surface area (Å²) in [5.74, 6) is -2.91. The second-order valence-electron chi connectivity index (χ2n) is 8.82. The van der Waals surface area contributed by atoms with Gasteiger partial charge in [-0.15, -0.1) is 0 Å². The maximum atomic E-state index is 13.4. The highest BCUT2D eigenvalue weighted by Crippen LogP contribution is 2.74. The summed E-state index contributed by atoms with van der Waals surface area (Å²) in [6, 6.07) is 0. The summed E-state index contributed by atoms with van der Waals surface area (Å²) in [4.78, 5) is 26.9. The molecule has 1 spiro atoms. The van der Waals surface area contributed by atoms with Crippen molar-refractivity contribution in [1.82, 2.24) is 0 Å². The van der Waals surface area contributed by atoms with E-state index >= 15 is 0 Å². The third-order valence-electron chi connectivity index (χ3n) is 7.98. The third kappa shape index (κ3) is 1.21. The molecule has 5 nitrogen and oxygen atoms in total. The molecule has 2 bridgehead atoms. The fourth-order valence-electron chi connectivity index (χ4n) is 7.06. The van der Waals surface area contributed by atoms with E-state index in [1.807, 2.05) is 0 Å². The van der Waals surface area contributed by atoms with E-state index in [4.69, 9.17) is 0 Å². The average Bonchev–Trinajstić information content (AvgIpc) is 2.88. The van der Waals surface area contributed by atoms with Crippen molar-refractivity contribution in [3.05, 3.63) is 12.2 Å². The van der Waals surface area contributed by atoms with Crippen molar-refractivity contribution in [2.45, 2.75) is 63.3 Å². The van der Waals surface area contributed by atoms with Crippen LogP contribution in [0.3, 0.4) is 0 Å². The Balaban J connectivity index is 2.12. The number of Topliss-reactive ketones (excluding diaryl/α,β-unsaturated/α-hetero) is 2. The molecular weight excluding hydrogens is 308 g/mol. The van der Waals surface area contributed by atoms with Crippen LogP contribution in [0.4, 0.5) is 0 Å². The van der Waals surface area contributed by atoms with Gasteiger partial charge in [0.2, 0.25) is 5.78 Å². The van der Waals surface area contributed by atoms with Crippen LogP contribution >= 0.6 is 0 Å². The first kappa shape index (κ1) is 16.4. The minimum absolute atomic E-state index is 0.127. The number of aliphatic hydroxyl groups is 3. The Morgan fingerprint density at radius 3 is 2.21 bits per heavy atom. The van der Waals surface area contributed by atoms with E-state index in [-0.39, 0.29) is 11.8 Å². The van der Waals surface area contributed by atoms with E-state index < -0.39 is 45.6 Å². The molecule has 5 aliphatic carbocycles. The second-order valence-corrected chi connectivity index (χ2v) is 8.82. The smallest absolute Gasteiger partial charge is 0.201 e. The zero-order chi connectivity index (χ0) is 17.9. The molecule has 0 saturated heterocycles. The Labute approximate surface area is 141 Å². The van der Waals surface area contributed by atoms with Gasteiger partial charge in [0.25, 0.3) is 0 Å². The monoisotopic (exact) mass is 334 g/mol. The summed E-state index contributed by atoms with van der Waals surface area (Å²) < 4.78 is 0. The predicted molar refractivity (Wildman–Crippen MR) is 85.9 cm³/mol. The quantitative estimate of drug-likeness (QED) is 0.622. The molecule has 0 heterocycles. The van der Waals surface area contributed by atoms with E-state index in [2.05, 4.69) is 6.58 Å². The molecule has 5 heteroatoms. The molecule has 0 aromatic carbocycles. The van der Waals surface area contributed by atoms with Crippen molar-refractivity contribution in [3.8, 4) is 0 Å². The lowest BCUT2D eigenvalue weighted by Gasteiger charge is -2.71. The molecule has 0 aromatic heterocycles. The Morgan fingerprint density at radius 1 is 1.04 bits per heavy atom. The summed E-state index contributed by atoms with van der Waals surface area (Å²) in [7, 11) is 0. The van der Waals surface area contributed by atoms with Crippen molar-refractivity contribution in [1.29, 1.82) is 0 Å². The van der Waals surface area contributed by atoms with Gasteiger partial charge in [-0.05, 0) is 57.3 Å². The van der Waals surface area contributed by atoms with Gasteiger partial charge in [0.1, 0.15) is 5.60 Å². The SMILES string of the molecule is C=C(C)[C@H]1[C@@H]2CC[C@H]3CC[C@H](C)[C@@]4(O)C(=O)[C@@]1(O)[C@@](C)(O)C(=O)[C@]324. The van der Waals surface area contributed by atoms with E-state index in [0.29, 0.717) is 18.4 Å². The van der Waals surface area contributed by atoms with Crippen LogP contribution in [0.1, 0.15) is 46.5 Å². The predicted octanol–water partition coefficient (Wildman–Crippen LogP) is 1.000. The summed E-state index contributed by atoms with van der Waals surface area (Å²) in [6.07, 6.45) is 2.80. The number of rotatable bonds is 1. The average molecular weight is 334 g/mol. The number of carbonyl (C=O) groups is 2. The Kier molecular flexibility index (Phi) is 2.87. The van der Waals surface area contributed by atoms with Crippen molar-refractivity contribution in [2.24, 2.45) is 29.1 Å². The highest BCUT2D eigenvalue weighted by atomic mass is 16.4. The third-order valence-corrected chi connectivity index (χ3v) is 7.98. The zero-order valence-corrected chi connectivity index (χ0v) is 14.5. The van der Waals surface area contributed by atoms with Crippen LogP contribution in [0.2, 0.25) is 0 Å². The first-order valence-electron chi connectivity index (χ1n) is 8.92. The van der Waals surface area contributed by atoms with Gasteiger partial charge in [0.15, 0.2) is 17.0 Å². The van der Waals surface area contributed by atoms with Crippen LogP contribution in [0, 0.1) is 29.1 Å². The fraction of sp³-hybridized carbons (Fsp3) is 0.789. The molecule has 0 amide bonds. The van der Waals surface area contributed by atoms with Gasteiger partial charge in [0, 0.05) is 5.92 Å². The van der Waals surface area contributed by atoms with Gasteiger partial charge in [-0.1, -0.05) is 19.1 Å². The number of hydrogen-bond acceptors (Lipinski definition) is 5. The maximum absolute atomic E-state index is 13.4. The first-order chi connectivity index (χ1) is 11.0. The van der Waals surface area contributed by atoms with Crippen LogP contribution in [-0.2, 0) is 9.59 Å². The van der Waals surface area contributed by atoms with Crippen molar-refractivity contribution in [2.75, 3.05) is 0 Å². The van der Waals surface area contributed by atoms with Crippen molar-refractivity contribution in [3.63, 3.8) is 0 Å². The molecule has 8 atom stereocenters. The van der Waals surface area contributed by atoms with Gasteiger partial charge in [-0.2, -0.15) is 0 Å². The second kappa shape index (κ2) is 4.19. The first-order valence-corrected chi connectivity index (χ1v) is 8.92. The van der Waals surface area contributed by atoms with E-state index in [1.165, 1.54) is 6.92 Å². The molecule has 5 aliphatic rings. The van der Waals surface area contributed by atoms with Gasteiger partial charge in [0.05, 0.1) is 5.41 Å². The maximum Gasteiger partial charge on any atom is 0.201 e. The standard InChI is InChI=1S/C19H26O5/c1-9(2)13-12-8-7-11-6-5-10(3)18(23)15(21)19(13,24)16(4,22)14(20)17(11,12)18/h10-13,22-24H,1,5-8H2,2-4H3/t10-,11+,12-,13-,16-,17-,18+,19+/m0/s1. The van der Waals surface area contributed by atoms with Crippen LogP contribution in [0.5, 0.6) is 0 Å². The van der Waals surface area contributed by atoms with Crippen molar-refractivity contribution < 1.29 is 24.9 Å². The summed E-state index contributed by atoms with van der Waals surface area (Å²) in [5.41, 5.74) is -7.10. The number of hydrogen-bond donors (Lipinski definition) is 3. The van der Waals surface area contributed by atoms with Crippen molar-refractivity contribution >= 4 is 11.6 Å². The molecule has 5 rings (SSSR count). The lowest BCUT2D eigenvalue weighted by atomic mass is 9.33. The molecule has 24 heavy (non-hydrogen) atoms. The molecule has 3 N–H and O–H groups in total. The molecular formula is C19H26O5. The molecule has 0 unspecified atom stereocenters. The lowest BCUT2D eigenvalue weighted by molar-refractivity contribution is -0.289. The van der Waals surface area contributed by atoms with Gasteiger partial charge < -0.3 is 15.3 Å². The number of ketones is 2. The lowest BCUT2D eigenvalue weighted by Crippen LogP contribution is -2.90. The molecule has 132 valence electrons. The molecule has 5 fully saturated rings. The zero-order valence-electron chi connectivity index (χ0n) is 14.5. The van der Waals surface area contributed by atoms with Gasteiger partial charge in [-0.3, -0.25) is 9.59 Å². The minimum atomic E-state index is -2.31. The Hall–Kier alpha value is -1.04. The van der Waals surface area contributed by atoms with Crippen LogP contribution in [0.15, 0.2) is 12.2 Å². The minimum Gasteiger partial charge on any atom is -0.381 e. The Morgan fingerprint density at radius 2 is 1.62 bits per heavy atom. The highest BCUT2D eigenvalue weighted by molar-refractivity contribution is 6.15. The normalized spacial score (nSPS) is 58.8. The number of carbonyl (C=O) groups excluding carboxylic acids is 2. The van der Waals surface area contributed by atoms with E-state index in [1.54, 1.807) is 13.8 Å². The summed E-state index contributed by atoms with van der Waals surface area (Å²) in [5, 5.41) is 34.0. The topological polar surface area (TPSA) is 94.8 Å². The van der Waals surface area contributed by atoms with Gasteiger partial charge in [-0.25, -0.2) is 0 Å². The van der Waals surface area contributed by atoms with E-state index in [9.17, 15) is 24.9 Å². The highest BCUT2D eigenvalue weighted by Gasteiger charge is 2.89. The fourth-order valence-corrected chi connectivity index (χ4v) is 7.06. The summed E-state index contributed by atoms with van der Waals surface area (Å²) >= 11 is 0. The molecule has 0 aromatic rings. The molecule has 0 aliphatic heterocycles.